The van der Waals surface area contributed by atoms with Gasteiger partial charge >= 0.3 is 0 Å². The Labute approximate surface area is 103 Å². The van der Waals surface area contributed by atoms with Crippen LogP contribution in [0.5, 0.6) is 0 Å². The lowest BCUT2D eigenvalue weighted by atomic mass is 9.75. The zero-order chi connectivity index (χ0) is 11.9. The van der Waals surface area contributed by atoms with Crippen molar-refractivity contribution in [3.8, 4) is 0 Å². The van der Waals surface area contributed by atoms with Gasteiger partial charge in [0.25, 0.3) is 0 Å². The molecule has 3 nitrogen and oxygen atoms in total. The monoisotopic (exact) mass is 244 g/mol. The maximum absolute atomic E-state index is 11.5. The minimum absolute atomic E-state index is 0.132. The zero-order valence-corrected chi connectivity index (χ0v) is 11.1. The Morgan fingerprint density at radius 1 is 1.38 bits per heavy atom. The van der Waals surface area contributed by atoms with Gasteiger partial charge in [-0.2, -0.15) is 11.8 Å². The lowest BCUT2D eigenvalue weighted by Crippen LogP contribution is -2.50. The Morgan fingerprint density at radius 3 is 2.69 bits per heavy atom. The van der Waals surface area contributed by atoms with Crippen LogP contribution in [0.4, 0.5) is 0 Å². The van der Waals surface area contributed by atoms with Crippen molar-refractivity contribution in [2.75, 3.05) is 18.6 Å². The minimum atomic E-state index is -0.178. The van der Waals surface area contributed by atoms with Crippen LogP contribution in [0.1, 0.15) is 44.9 Å². The third-order valence-corrected chi connectivity index (χ3v) is 3.91. The molecule has 0 spiro atoms. The van der Waals surface area contributed by atoms with E-state index in [0.717, 1.165) is 25.8 Å². The van der Waals surface area contributed by atoms with E-state index in [2.05, 4.69) is 11.6 Å². The first-order valence-electron chi connectivity index (χ1n) is 6.21. The Balaban J connectivity index is 1.94. The molecule has 0 unspecified atom stereocenters. The van der Waals surface area contributed by atoms with Crippen LogP contribution in [0.15, 0.2) is 0 Å². The smallest absolute Gasteiger partial charge is 0.221 e. The SMILES string of the molecule is CSCCCCCNC(=O)CC1(N)CCC1. The molecule has 94 valence electrons. The molecule has 0 heterocycles. The molecule has 1 amide bonds. The second-order valence-electron chi connectivity index (χ2n) is 4.80. The molecule has 0 saturated heterocycles. The van der Waals surface area contributed by atoms with E-state index < -0.39 is 0 Å². The summed E-state index contributed by atoms with van der Waals surface area (Å²) in [6.07, 6.45) is 9.37. The fourth-order valence-corrected chi connectivity index (χ4v) is 2.46. The van der Waals surface area contributed by atoms with Crippen molar-refractivity contribution in [2.24, 2.45) is 5.73 Å². The van der Waals surface area contributed by atoms with Gasteiger partial charge in [0.15, 0.2) is 0 Å². The van der Waals surface area contributed by atoms with Crippen molar-refractivity contribution in [1.82, 2.24) is 5.32 Å². The first-order chi connectivity index (χ1) is 7.66. The molecule has 1 aliphatic rings. The molecular formula is C12H24N2OS. The van der Waals surface area contributed by atoms with Crippen LogP contribution >= 0.6 is 11.8 Å². The molecule has 3 N–H and O–H groups in total. The third kappa shape index (κ3) is 5.21. The summed E-state index contributed by atoms with van der Waals surface area (Å²) < 4.78 is 0. The average molecular weight is 244 g/mol. The highest BCUT2D eigenvalue weighted by Crippen LogP contribution is 2.31. The van der Waals surface area contributed by atoms with Crippen LogP contribution in [-0.4, -0.2) is 30.0 Å². The van der Waals surface area contributed by atoms with E-state index in [1.807, 2.05) is 11.8 Å². The second-order valence-corrected chi connectivity index (χ2v) is 5.78. The van der Waals surface area contributed by atoms with Crippen molar-refractivity contribution in [2.45, 2.75) is 50.5 Å². The van der Waals surface area contributed by atoms with Crippen LogP contribution in [0.2, 0.25) is 0 Å². The van der Waals surface area contributed by atoms with Crippen molar-refractivity contribution in [1.29, 1.82) is 0 Å². The molecule has 0 radical (unpaired) electrons. The number of thioether (sulfide) groups is 1. The number of carbonyl (C=O) groups is 1. The van der Waals surface area contributed by atoms with Gasteiger partial charge in [-0.1, -0.05) is 6.42 Å². The topological polar surface area (TPSA) is 55.1 Å². The van der Waals surface area contributed by atoms with Crippen LogP contribution in [0.3, 0.4) is 0 Å². The van der Waals surface area contributed by atoms with Gasteiger partial charge in [0.05, 0.1) is 0 Å². The normalized spacial score (nSPS) is 17.9. The highest BCUT2D eigenvalue weighted by molar-refractivity contribution is 7.98. The summed E-state index contributed by atoms with van der Waals surface area (Å²) in [6, 6.07) is 0. The van der Waals surface area contributed by atoms with E-state index in [-0.39, 0.29) is 11.4 Å². The van der Waals surface area contributed by atoms with Gasteiger partial charge in [0.1, 0.15) is 0 Å². The predicted molar refractivity (Wildman–Crippen MR) is 70.6 cm³/mol. The summed E-state index contributed by atoms with van der Waals surface area (Å²) in [5.41, 5.74) is 5.83. The highest BCUT2D eigenvalue weighted by atomic mass is 32.2. The fourth-order valence-electron chi connectivity index (χ4n) is 1.97. The van der Waals surface area contributed by atoms with Crippen LogP contribution in [0.25, 0.3) is 0 Å². The lowest BCUT2D eigenvalue weighted by Gasteiger charge is -2.37. The van der Waals surface area contributed by atoms with E-state index in [9.17, 15) is 4.79 Å². The number of hydrogen-bond acceptors (Lipinski definition) is 3. The van der Waals surface area contributed by atoms with E-state index in [4.69, 9.17) is 5.73 Å². The summed E-state index contributed by atoms with van der Waals surface area (Å²) in [6.45, 7) is 0.809. The Morgan fingerprint density at radius 2 is 2.12 bits per heavy atom. The van der Waals surface area contributed by atoms with Gasteiger partial charge < -0.3 is 11.1 Å². The van der Waals surface area contributed by atoms with Gasteiger partial charge in [-0.15, -0.1) is 0 Å². The molecule has 4 heteroatoms. The predicted octanol–water partition coefficient (Wildman–Crippen LogP) is 1.91. The van der Waals surface area contributed by atoms with Gasteiger partial charge in [-0.05, 0) is 44.1 Å². The molecule has 0 atom stereocenters. The van der Waals surface area contributed by atoms with Crippen LogP contribution in [-0.2, 0) is 4.79 Å². The number of nitrogens with one attached hydrogen (secondary N) is 1. The van der Waals surface area contributed by atoms with Crippen molar-refractivity contribution in [3.05, 3.63) is 0 Å². The molecule has 1 aliphatic carbocycles. The molecular weight excluding hydrogens is 220 g/mol. The maximum atomic E-state index is 11.5. The Hall–Kier alpha value is -0.220. The fraction of sp³-hybridized carbons (Fsp3) is 0.917. The van der Waals surface area contributed by atoms with E-state index in [0.29, 0.717) is 6.42 Å². The summed E-state index contributed by atoms with van der Waals surface area (Å²) in [7, 11) is 0. The largest absolute Gasteiger partial charge is 0.356 e. The van der Waals surface area contributed by atoms with Crippen LogP contribution < -0.4 is 11.1 Å². The van der Waals surface area contributed by atoms with Crippen molar-refractivity contribution >= 4 is 17.7 Å². The first kappa shape index (κ1) is 13.8. The van der Waals surface area contributed by atoms with Gasteiger partial charge in [0.2, 0.25) is 5.91 Å². The minimum Gasteiger partial charge on any atom is -0.356 e. The van der Waals surface area contributed by atoms with Gasteiger partial charge in [-0.3, -0.25) is 4.79 Å². The third-order valence-electron chi connectivity index (χ3n) is 3.21. The maximum Gasteiger partial charge on any atom is 0.221 e. The molecule has 1 rings (SSSR count). The Kier molecular flexibility index (Phi) is 6.21. The summed E-state index contributed by atoms with van der Waals surface area (Å²) in [5, 5.41) is 2.96. The number of carbonyl (C=O) groups excluding carboxylic acids is 1. The molecule has 0 aromatic heterocycles. The molecule has 0 bridgehead atoms. The quantitative estimate of drug-likeness (QED) is 0.641. The molecule has 0 aromatic rings. The highest BCUT2D eigenvalue weighted by Gasteiger charge is 2.34. The standard InChI is InChI=1S/C12H24N2OS/c1-16-9-4-2-3-8-14-11(15)10-12(13)6-5-7-12/h2-10,13H2,1H3,(H,14,15). The van der Waals surface area contributed by atoms with E-state index >= 15 is 0 Å². The summed E-state index contributed by atoms with van der Waals surface area (Å²) in [5.74, 6) is 1.35. The number of rotatable bonds is 8. The second kappa shape index (κ2) is 7.17. The van der Waals surface area contributed by atoms with Crippen LogP contribution in [0, 0.1) is 0 Å². The first-order valence-corrected chi connectivity index (χ1v) is 7.60. The Bertz CT molecular complexity index is 217. The van der Waals surface area contributed by atoms with Crippen molar-refractivity contribution < 1.29 is 4.79 Å². The molecule has 1 fully saturated rings. The molecule has 0 aliphatic heterocycles. The number of amides is 1. The lowest BCUT2D eigenvalue weighted by molar-refractivity contribution is -0.123. The van der Waals surface area contributed by atoms with Crippen molar-refractivity contribution in [3.63, 3.8) is 0 Å². The zero-order valence-electron chi connectivity index (χ0n) is 10.3. The average Bonchev–Trinajstić information content (AvgIpc) is 2.21. The molecule has 1 saturated carbocycles. The summed E-state index contributed by atoms with van der Waals surface area (Å²) >= 11 is 1.88. The summed E-state index contributed by atoms with van der Waals surface area (Å²) in [4.78, 5) is 11.5. The van der Waals surface area contributed by atoms with Gasteiger partial charge in [-0.25, -0.2) is 0 Å². The molecule has 16 heavy (non-hydrogen) atoms. The number of hydrogen-bond donors (Lipinski definition) is 2. The van der Waals surface area contributed by atoms with E-state index in [1.54, 1.807) is 0 Å². The van der Waals surface area contributed by atoms with E-state index in [1.165, 1.54) is 25.0 Å². The van der Waals surface area contributed by atoms with Gasteiger partial charge in [0, 0.05) is 18.5 Å². The number of unbranched alkanes of at least 4 members (excludes halogenated alkanes) is 2. The molecule has 0 aromatic carbocycles. The number of nitrogens with two attached hydrogens (primary N) is 1.